The van der Waals surface area contributed by atoms with Crippen LogP contribution in [-0.4, -0.2) is 23.2 Å². The van der Waals surface area contributed by atoms with Crippen molar-refractivity contribution in [2.24, 2.45) is 10.7 Å². The van der Waals surface area contributed by atoms with Gasteiger partial charge in [0.05, 0.1) is 12.1 Å². The number of guanidine groups is 1. The van der Waals surface area contributed by atoms with Crippen LogP contribution in [0.25, 0.3) is 0 Å². The SMILES string of the molecule is Cc1cccc(NC(N)=NCC2(O)CCCCC2)c1. The first kappa shape index (κ1) is 13.9. The number of rotatable bonds is 3. The first-order chi connectivity index (χ1) is 9.07. The highest BCUT2D eigenvalue weighted by atomic mass is 16.3. The molecule has 0 amide bonds. The van der Waals surface area contributed by atoms with E-state index in [2.05, 4.69) is 10.3 Å². The van der Waals surface area contributed by atoms with E-state index < -0.39 is 5.60 Å². The zero-order valence-corrected chi connectivity index (χ0v) is 11.5. The Bertz CT molecular complexity index is 450. The molecule has 0 spiro atoms. The fourth-order valence-electron chi connectivity index (χ4n) is 2.51. The van der Waals surface area contributed by atoms with Crippen molar-refractivity contribution in [1.29, 1.82) is 0 Å². The molecule has 1 aliphatic carbocycles. The summed E-state index contributed by atoms with van der Waals surface area (Å²) >= 11 is 0. The molecule has 1 aromatic rings. The molecular formula is C15H23N3O. The van der Waals surface area contributed by atoms with Crippen LogP contribution in [0.3, 0.4) is 0 Å². The summed E-state index contributed by atoms with van der Waals surface area (Å²) in [7, 11) is 0. The first-order valence-corrected chi connectivity index (χ1v) is 6.93. The Morgan fingerprint density at radius 3 is 2.79 bits per heavy atom. The van der Waals surface area contributed by atoms with Crippen molar-refractivity contribution in [2.45, 2.75) is 44.6 Å². The Kier molecular flexibility index (Phi) is 4.43. The topological polar surface area (TPSA) is 70.6 Å². The molecule has 1 aromatic carbocycles. The average molecular weight is 261 g/mol. The Hall–Kier alpha value is -1.55. The van der Waals surface area contributed by atoms with E-state index in [-0.39, 0.29) is 0 Å². The summed E-state index contributed by atoms with van der Waals surface area (Å²) in [5, 5.41) is 13.4. The largest absolute Gasteiger partial charge is 0.388 e. The summed E-state index contributed by atoms with van der Waals surface area (Å²) < 4.78 is 0. The van der Waals surface area contributed by atoms with Gasteiger partial charge in [-0.3, -0.25) is 4.99 Å². The average Bonchev–Trinajstić information content (AvgIpc) is 2.38. The van der Waals surface area contributed by atoms with Crippen LogP contribution >= 0.6 is 0 Å². The van der Waals surface area contributed by atoms with Crippen molar-refractivity contribution < 1.29 is 5.11 Å². The molecule has 1 fully saturated rings. The third kappa shape index (κ3) is 4.24. The molecule has 0 aliphatic heterocycles. The van der Waals surface area contributed by atoms with Crippen molar-refractivity contribution in [2.75, 3.05) is 11.9 Å². The van der Waals surface area contributed by atoms with Gasteiger partial charge >= 0.3 is 0 Å². The van der Waals surface area contributed by atoms with Gasteiger partial charge in [-0.2, -0.15) is 0 Å². The summed E-state index contributed by atoms with van der Waals surface area (Å²) in [4.78, 5) is 4.28. The van der Waals surface area contributed by atoms with Gasteiger partial charge in [0.25, 0.3) is 0 Å². The second kappa shape index (κ2) is 6.06. The van der Waals surface area contributed by atoms with Crippen LogP contribution in [0.5, 0.6) is 0 Å². The second-order valence-corrected chi connectivity index (χ2v) is 5.48. The highest BCUT2D eigenvalue weighted by molar-refractivity contribution is 5.92. The summed E-state index contributed by atoms with van der Waals surface area (Å²) in [5.74, 6) is 0.365. The van der Waals surface area contributed by atoms with Gasteiger partial charge in [-0.25, -0.2) is 0 Å². The number of benzene rings is 1. The summed E-state index contributed by atoms with van der Waals surface area (Å²) in [5.41, 5.74) is 7.30. The smallest absolute Gasteiger partial charge is 0.193 e. The van der Waals surface area contributed by atoms with Gasteiger partial charge in [0.1, 0.15) is 0 Å². The van der Waals surface area contributed by atoms with E-state index in [0.717, 1.165) is 31.4 Å². The van der Waals surface area contributed by atoms with Gasteiger partial charge < -0.3 is 16.2 Å². The third-order valence-electron chi connectivity index (χ3n) is 3.62. The van der Waals surface area contributed by atoms with E-state index in [4.69, 9.17) is 5.73 Å². The minimum atomic E-state index is -0.656. The van der Waals surface area contributed by atoms with Gasteiger partial charge in [-0.05, 0) is 37.5 Å². The monoisotopic (exact) mass is 261 g/mol. The van der Waals surface area contributed by atoms with Crippen molar-refractivity contribution in [3.8, 4) is 0 Å². The Balaban J connectivity index is 1.92. The predicted molar refractivity (Wildman–Crippen MR) is 79.3 cm³/mol. The Morgan fingerprint density at radius 2 is 2.11 bits per heavy atom. The lowest BCUT2D eigenvalue weighted by molar-refractivity contribution is 0.0132. The van der Waals surface area contributed by atoms with Crippen molar-refractivity contribution >= 4 is 11.6 Å². The quantitative estimate of drug-likeness (QED) is 0.578. The van der Waals surface area contributed by atoms with Crippen LogP contribution in [0.1, 0.15) is 37.7 Å². The molecule has 4 N–H and O–H groups in total. The van der Waals surface area contributed by atoms with E-state index >= 15 is 0 Å². The maximum Gasteiger partial charge on any atom is 0.193 e. The number of aryl methyl sites for hydroxylation is 1. The fourth-order valence-corrected chi connectivity index (χ4v) is 2.51. The van der Waals surface area contributed by atoms with Crippen LogP contribution in [0.15, 0.2) is 29.3 Å². The minimum absolute atomic E-state index is 0.365. The Morgan fingerprint density at radius 1 is 1.37 bits per heavy atom. The zero-order chi connectivity index (χ0) is 13.7. The van der Waals surface area contributed by atoms with Crippen molar-refractivity contribution in [3.05, 3.63) is 29.8 Å². The van der Waals surface area contributed by atoms with Gasteiger partial charge in [0.2, 0.25) is 0 Å². The molecule has 1 aliphatic rings. The molecule has 104 valence electrons. The molecule has 4 heteroatoms. The molecule has 0 unspecified atom stereocenters. The van der Waals surface area contributed by atoms with E-state index in [1.165, 1.54) is 12.0 Å². The normalized spacial score (nSPS) is 19.2. The number of nitrogens with zero attached hydrogens (tertiary/aromatic N) is 1. The molecule has 0 bridgehead atoms. The van der Waals surface area contributed by atoms with E-state index in [1.807, 2.05) is 31.2 Å². The van der Waals surface area contributed by atoms with Gasteiger partial charge in [-0.1, -0.05) is 31.4 Å². The van der Waals surface area contributed by atoms with E-state index in [9.17, 15) is 5.11 Å². The van der Waals surface area contributed by atoms with E-state index in [1.54, 1.807) is 0 Å². The molecule has 1 saturated carbocycles. The standard InChI is InChI=1S/C15H23N3O/c1-12-6-5-7-13(10-12)18-14(16)17-11-15(19)8-3-2-4-9-15/h5-7,10,19H,2-4,8-9,11H2,1H3,(H3,16,17,18). The number of nitrogens with one attached hydrogen (secondary N) is 1. The Labute approximate surface area is 114 Å². The molecule has 4 nitrogen and oxygen atoms in total. The van der Waals surface area contributed by atoms with Crippen LogP contribution in [-0.2, 0) is 0 Å². The number of hydrogen-bond acceptors (Lipinski definition) is 2. The molecule has 0 heterocycles. The van der Waals surface area contributed by atoms with Crippen LogP contribution in [0, 0.1) is 6.92 Å². The van der Waals surface area contributed by atoms with Gasteiger partial charge in [-0.15, -0.1) is 0 Å². The number of nitrogens with two attached hydrogens (primary N) is 1. The van der Waals surface area contributed by atoms with Crippen molar-refractivity contribution in [1.82, 2.24) is 0 Å². The molecule has 0 saturated heterocycles. The molecule has 19 heavy (non-hydrogen) atoms. The highest BCUT2D eigenvalue weighted by Crippen LogP contribution is 2.28. The molecule has 0 atom stereocenters. The number of aliphatic imine (C=N–C) groups is 1. The van der Waals surface area contributed by atoms with Gasteiger partial charge in [0, 0.05) is 5.69 Å². The maximum absolute atomic E-state index is 10.3. The first-order valence-electron chi connectivity index (χ1n) is 6.93. The summed E-state index contributed by atoms with van der Waals surface area (Å²) in [6.45, 7) is 2.42. The number of anilines is 1. The minimum Gasteiger partial charge on any atom is -0.388 e. The lowest BCUT2D eigenvalue weighted by Gasteiger charge is -2.30. The zero-order valence-electron chi connectivity index (χ0n) is 11.5. The van der Waals surface area contributed by atoms with Crippen LogP contribution in [0.4, 0.5) is 5.69 Å². The highest BCUT2D eigenvalue weighted by Gasteiger charge is 2.28. The van der Waals surface area contributed by atoms with Crippen LogP contribution < -0.4 is 11.1 Å². The summed E-state index contributed by atoms with van der Waals surface area (Å²) in [6.07, 6.45) is 5.03. The maximum atomic E-state index is 10.3. The molecule has 2 rings (SSSR count). The molecule has 0 aromatic heterocycles. The number of hydrogen-bond donors (Lipinski definition) is 3. The molecule has 0 radical (unpaired) electrons. The van der Waals surface area contributed by atoms with Crippen LogP contribution in [0.2, 0.25) is 0 Å². The number of aliphatic hydroxyl groups is 1. The van der Waals surface area contributed by atoms with Crippen molar-refractivity contribution in [3.63, 3.8) is 0 Å². The lowest BCUT2D eigenvalue weighted by atomic mass is 9.85. The lowest BCUT2D eigenvalue weighted by Crippen LogP contribution is -2.36. The third-order valence-corrected chi connectivity index (χ3v) is 3.62. The second-order valence-electron chi connectivity index (χ2n) is 5.48. The predicted octanol–water partition coefficient (Wildman–Crippen LogP) is 2.42. The summed E-state index contributed by atoms with van der Waals surface area (Å²) in [6, 6.07) is 7.96. The van der Waals surface area contributed by atoms with E-state index in [0.29, 0.717) is 12.5 Å². The fraction of sp³-hybridized carbons (Fsp3) is 0.533. The molecular weight excluding hydrogens is 238 g/mol. The van der Waals surface area contributed by atoms with Gasteiger partial charge in [0.15, 0.2) is 5.96 Å².